The largest absolute Gasteiger partial charge is 0.474 e. The summed E-state index contributed by atoms with van der Waals surface area (Å²) in [6.07, 6.45) is 5.63. The molecule has 0 aromatic carbocycles. The Balaban J connectivity index is 0. The summed E-state index contributed by atoms with van der Waals surface area (Å²) in [5, 5.41) is 0. The van der Waals surface area contributed by atoms with Gasteiger partial charge in [0.2, 0.25) is 0 Å². The fourth-order valence-electron chi connectivity index (χ4n) is 1.07. The van der Waals surface area contributed by atoms with Gasteiger partial charge in [0.05, 0.1) is 19.8 Å². The summed E-state index contributed by atoms with van der Waals surface area (Å²) >= 11 is 0. The van der Waals surface area contributed by atoms with Gasteiger partial charge in [0.15, 0.2) is 0 Å². The molecule has 0 saturated heterocycles. The van der Waals surface area contributed by atoms with Gasteiger partial charge in [-0.3, -0.25) is 13.6 Å². The number of unbranched alkanes of at least 4 members (excludes halogenated alkanes) is 3. The Bertz CT molecular complexity index is 181. The van der Waals surface area contributed by atoms with E-state index in [1.54, 1.807) is 0 Å². The van der Waals surface area contributed by atoms with Gasteiger partial charge >= 0.3 is 7.82 Å². The van der Waals surface area contributed by atoms with E-state index in [4.69, 9.17) is 13.6 Å². The molecule has 0 spiro atoms. The molecule has 0 saturated carbocycles. The molecule has 111 valence electrons. The molecule has 0 aromatic heterocycles. The van der Waals surface area contributed by atoms with Crippen molar-refractivity contribution in [3.05, 3.63) is 0 Å². The zero-order valence-corrected chi connectivity index (χ0v) is 15.1. The Kier molecular flexibility index (Phi) is 18.4. The monoisotopic (exact) mass is 419 g/mol. The zero-order valence-electron chi connectivity index (χ0n) is 11.8. The van der Waals surface area contributed by atoms with Gasteiger partial charge < -0.3 is 0 Å². The van der Waals surface area contributed by atoms with E-state index in [0.717, 1.165) is 38.5 Å². The van der Waals surface area contributed by atoms with Crippen molar-refractivity contribution in [3.63, 3.8) is 0 Å². The first-order valence-corrected chi connectivity index (χ1v) is 8.18. The fraction of sp³-hybridized carbons (Fsp3) is 1.00. The molecule has 1 radical (unpaired) electrons. The minimum atomic E-state index is -3.31. The summed E-state index contributed by atoms with van der Waals surface area (Å²) in [6.45, 7) is 7.49. The third kappa shape index (κ3) is 12.7. The van der Waals surface area contributed by atoms with Gasteiger partial charge in [0.1, 0.15) is 0 Å². The number of phosphoric ester groups is 1. The van der Waals surface area contributed by atoms with Gasteiger partial charge in [-0.05, 0) is 19.3 Å². The molecule has 0 aromatic rings. The van der Waals surface area contributed by atoms with Crippen LogP contribution in [0.3, 0.4) is 0 Å². The van der Waals surface area contributed by atoms with E-state index in [9.17, 15) is 4.57 Å². The topological polar surface area (TPSA) is 44.8 Å². The second-order valence-electron chi connectivity index (χ2n) is 4.01. The van der Waals surface area contributed by atoms with Gasteiger partial charge in [-0.25, -0.2) is 4.57 Å². The Morgan fingerprint density at radius 3 is 1.22 bits per heavy atom. The molecule has 0 fully saturated rings. The van der Waals surface area contributed by atoms with Gasteiger partial charge in [-0.1, -0.05) is 40.0 Å². The minimum absolute atomic E-state index is 0. The van der Waals surface area contributed by atoms with Gasteiger partial charge in [0.25, 0.3) is 0 Å². The van der Waals surface area contributed by atoms with Crippen LogP contribution in [0.15, 0.2) is 0 Å². The van der Waals surface area contributed by atoms with Gasteiger partial charge in [-0.15, -0.1) is 0 Å². The van der Waals surface area contributed by atoms with Crippen molar-refractivity contribution in [3.8, 4) is 0 Å². The summed E-state index contributed by atoms with van der Waals surface area (Å²) in [5.74, 6) is 0. The van der Waals surface area contributed by atoms with Crippen LogP contribution >= 0.6 is 7.82 Å². The van der Waals surface area contributed by atoms with Crippen LogP contribution in [0.4, 0.5) is 0 Å². The molecule has 0 heterocycles. The van der Waals surface area contributed by atoms with Crippen LogP contribution in [0.5, 0.6) is 0 Å². The molecule has 0 aliphatic heterocycles. The second kappa shape index (κ2) is 15.1. The second-order valence-corrected chi connectivity index (χ2v) is 5.68. The zero-order chi connectivity index (χ0) is 13.0. The van der Waals surface area contributed by atoms with Crippen LogP contribution < -0.4 is 0 Å². The van der Waals surface area contributed by atoms with Gasteiger partial charge in [-0.2, -0.15) is 0 Å². The first-order valence-electron chi connectivity index (χ1n) is 6.72. The summed E-state index contributed by atoms with van der Waals surface area (Å²) in [7, 11) is -3.31. The molecule has 0 atom stereocenters. The third-order valence-corrected chi connectivity index (χ3v) is 3.74. The number of rotatable bonds is 12. The maximum atomic E-state index is 12.2. The molecule has 6 heteroatoms. The first-order chi connectivity index (χ1) is 8.18. The summed E-state index contributed by atoms with van der Waals surface area (Å²) in [6, 6.07) is 0. The van der Waals surface area contributed by atoms with Crippen LogP contribution in [0.25, 0.3) is 0 Å². The summed E-state index contributed by atoms with van der Waals surface area (Å²) < 4.78 is 28.0. The fourth-order valence-corrected chi connectivity index (χ4v) is 2.36. The van der Waals surface area contributed by atoms with Crippen molar-refractivity contribution >= 4 is 7.82 Å². The quantitative estimate of drug-likeness (QED) is 0.345. The van der Waals surface area contributed by atoms with Crippen molar-refractivity contribution < 1.29 is 67.5 Å². The molecule has 0 bridgehead atoms. The molecule has 0 aliphatic carbocycles. The van der Waals surface area contributed by atoms with Crippen LogP contribution in [-0.2, 0) is 18.1 Å². The molecule has 0 unspecified atom stereocenters. The third-order valence-electron chi connectivity index (χ3n) is 2.24. The molecule has 0 N–H and O–H groups in total. The van der Waals surface area contributed by atoms with Crippen LogP contribution in [0.1, 0.15) is 59.3 Å². The maximum Gasteiger partial charge on any atom is 0.474 e. The Labute approximate surface area is 153 Å². The van der Waals surface area contributed by atoms with Crippen LogP contribution in [-0.4, -0.2) is 19.8 Å². The van der Waals surface area contributed by atoms with Crippen molar-refractivity contribution in [2.24, 2.45) is 0 Å². The van der Waals surface area contributed by atoms with Crippen molar-refractivity contribution in [2.75, 3.05) is 19.8 Å². The van der Waals surface area contributed by atoms with Crippen molar-refractivity contribution in [1.29, 1.82) is 0 Å². The Morgan fingerprint density at radius 2 is 1.00 bits per heavy atom. The predicted octanol–water partition coefficient (Wildman–Crippen LogP) is 4.54. The number of hydrogen-bond acceptors (Lipinski definition) is 4. The molecule has 0 aliphatic rings. The Hall–Kier alpha value is 1.69. The molecule has 0 rings (SSSR count). The van der Waals surface area contributed by atoms with E-state index in [2.05, 4.69) is 20.8 Å². The van der Waals surface area contributed by atoms with E-state index in [1.807, 2.05) is 0 Å². The maximum absolute atomic E-state index is 12.2. The standard InChI is InChI=1S/C12H27O4P.Eu/c1-4-7-10-14-17(13,15-11-8-5-2)16-12-9-6-3;/h4-12H2,1-3H3;. The summed E-state index contributed by atoms with van der Waals surface area (Å²) in [4.78, 5) is 0. The minimum Gasteiger partial charge on any atom is -0.287 e. The van der Waals surface area contributed by atoms with Gasteiger partial charge in [0, 0.05) is 49.4 Å². The smallest absolute Gasteiger partial charge is 0.287 e. The van der Waals surface area contributed by atoms with Crippen molar-refractivity contribution in [2.45, 2.75) is 59.3 Å². The predicted molar refractivity (Wildman–Crippen MR) is 70.2 cm³/mol. The van der Waals surface area contributed by atoms with E-state index < -0.39 is 7.82 Å². The molecule has 0 amide bonds. The Morgan fingerprint density at radius 1 is 0.722 bits per heavy atom. The first kappa shape index (κ1) is 22.0. The van der Waals surface area contributed by atoms with E-state index in [-0.39, 0.29) is 49.4 Å². The van der Waals surface area contributed by atoms with Crippen LogP contribution in [0.2, 0.25) is 0 Å². The summed E-state index contributed by atoms with van der Waals surface area (Å²) in [5.41, 5.74) is 0. The van der Waals surface area contributed by atoms with E-state index in [1.165, 1.54) is 0 Å². The normalized spacial score (nSPS) is 11.3. The van der Waals surface area contributed by atoms with Crippen LogP contribution in [0, 0.1) is 49.4 Å². The molecule has 4 nitrogen and oxygen atoms in total. The molecule has 18 heavy (non-hydrogen) atoms. The van der Waals surface area contributed by atoms with Crippen molar-refractivity contribution in [1.82, 2.24) is 0 Å². The van der Waals surface area contributed by atoms with E-state index >= 15 is 0 Å². The average molecular weight is 418 g/mol. The SMILES string of the molecule is CCCCOP(=O)(OCCCC)OCCCC.[Eu]. The molecular weight excluding hydrogens is 391 g/mol. The number of phosphoric acid groups is 1. The number of hydrogen-bond donors (Lipinski definition) is 0. The van der Waals surface area contributed by atoms with E-state index in [0.29, 0.717) is 19.8 Å². The average Bonchev–Trinajstić information content (AvgIpc) is 2.30. The molecular formula is C12H27EuO4P.